The van der Waals surface area contributed by atoms with Gasteiger partial charge in [0.2, 0.25) is 11.8 Å². The molecule has 2 amide bonds. The SMILES string of the molecule is CN1C(=O)C2C(c3cccc(C(F)(F)F)c3)NC(COCc3ccccc3)(C(=O)O)C2C1=O. The summed E-state index contributed by atoms with van der Waals surface area (Å²) in [5.74, 6) is -5.29. The number of amides is 2. The third-order valence-corrected chi connectivity index (χ3v) is 6.27. The van der Waals surface area contributed by atoms with Crippen molar-refractivity contribution in [1.29, 1.82) is 0 Å². The van der Waals surface area contributed by atoms with Crippen LogP contribution in [0.25, 0.3) is 0 Å². The highest BCUT2D eigenvalue weighted by Gasteiger charge is 2.68. The number of aliphatic carboxylic acids is 1. The van der Waals surface area contributed by atoms with Gasteiger partial charge in [-0.1, -0.05) is 42.5 Å². The lowest BCUT2D eigenvalue weighted by Gasteiger charge is -2.30. The van der Waals surface area contributed by atoms with Crippen LogP contribution in [-0.4, -0.2) is 47.0 Å². The minimum atomic E-state index is -4.62. The van der Waals surface area contributed by atoms with E-state index >= 15 is 0 Å². The molecule has 2 aliphatic rings. The lowest BCUT2D eigenvalue weighted by atomic mass is 9.79. The van der Waals surface area contributed by atoms with Gasteiger partial charge in [0, 0.05) is 13.1 Å². The maximum Gasteiger partial charge on any atom is 0.416 e. The predicted molar refractivity (Wildman–Crippen MR) is 109 cm³/mol. The minimum Gasteiger partial charge on any atom is -0.480 e. The molecule has 10 heteroatoms. The standard InChI is InChI=1S/C23H21F3N2O5/c1-28-19(29)16-17(20(28)30)22(21(31)32,12-33-11-13-6-3-2-4-7-13)27-18(16)14-8-5-9-15(10-14)23(24,25)26/h2-10,16-18,27H,11-12H2,1H3,(H,31,32). The van der Waals surface area contributed by atoms with Crippen molar-refractivity contribution in [2.24, 2.45) is 11.8 Å². The quantitative estimate of drug-likeness (QED) is 0.641. The van der Waals surface area contributed by atoms with Crippen LogP contribution in [0, 0.1) is 11.8 Å². The zero-order valence-electron chi connectivity index (χ0n) is 17.5. The van der Waals surface area contributed by atoms with E-state index in [1.165, 1.54) is 19.2 Å². The molecule has 2 heterocycles. The number of benzene rings is 2. The monoisotopic (exact) mass is 462 g/mol. The first-order chi connectivity index (χ1) is 15.6. The first kappa shape index (κ1) is 22.9. The molecule has 2 aliphatic heterocycles. The van der Waals surface area contributed by atoms with Crippen molar-refractivity contribution in [3.8, 4) is 0 Å². The minimum absolute atomic E-state index is 0.0567. The highest BCUT2D eigenvalue weighted by Crippen LogP contribution is 2.49. The highest BCUT2D eigenvalue weighted by atomic mass is 19.4. The number of carboxylic acid groups (broad SMARTS) is 1. The van der Waals surface area contributed by atoms with E-state index in [9.17, 15) is 32.7 Å². The number of rotatable bonds is 6. The number of halogens is 3. The van der Waals surface area contributed by atoms with Crippen LogP contribution in [0.1, 0.15) is 22.7 Å². The lowest BCUT2D eigenvalue weighted by molar-refractivity contribution is -0.154. The second-order valence-corrected chi connectivity index (χ2v) is 8.24. The molecule has 174 valence electrons. The number of likely N-dealkylation sites (tertiary alicyclic amines) is 1. The Morgan fingerprint density at radius 3 is 2.45 bits per heavy atom. The average molecular weight is 462 g/mol. The van der Waals surface area contributed by atoms with Crippen molar-refractivity contribution >= 4 is 17.8 Å². The van der Waals surface area contributed by atoms with Gasteiger partial charge in [0.1, 0.15) is 0 Å². The molecule has 2 aromatic carbocycles. The van der Waals surface area contributed by atoms with Crippen LogP contribution in [-0.2, 0) is 31.9 Å². The molecule has 0 aliphatic carbocycles. The van der Waals surface area contributed by atoms with E-state index < -0.39 is 59.5 Å². The summed E-state index contributed by atoms with van der Waals surface area (Å²) < 4.78 is 45.5. The maximum absolute atomic E-state index is 13.3. The van der Waals surface area contributed by atoms with E-state index in [0.717, 1.165) is 22.6 Å². The lowest BCUT2D eigenvalue weighted by Crippen LogP contribution is -2.58. The Morgan fingerprint density at radius 1 is 1.12 bits per heavy atom. The molecule has 0 radical (unpaired) electrons. The van der Waals surface area contributed by atoms with Crippen LogP contribution in [0.3, 0.4) is 0 Å². The van der Waals surface area contributed by atoms with Crippen LogP contribution in [0.4, 0.5) is 13.2 Å². The van der Waals surface area contributed by atoms with Gasteiger partial charge in [0.05, 0.1) is 30.6 Å². The van der Waals surface area contributed by atoms with Gasteiger partial charge in [-0.2, -0.15) is 13.2 Å². The molecule has 4 rings (SSSR count). The van der Waals surface area contributed by atoms with Crippen molar-refractivity contribution in [2.75, 3.05) is 13.7 Å². The summed E-state index contributed by atoms with van der Waals surface area (Å²) >= 11 is 0. The van der Waals surface area contributed by atoms with Crippen molar-refractivity contribution in [3.05, 3.63) is 71.3 Å². The molecule has 2 N–H and O–H groups in total. The van der Waals surface area contributed by atoms with Gasteiger partial charge in [-0.05, 0) is 23.3 Å². The number of hydrogen-bond donors (Lipinski definition) is 2. The molecule has 7 nitrogen and oxygen atoms in total. The topological polar surface area (TPSA) is 95.9 Å². The molecule has 0 saturated carbocycles. The first-order valence-corrected chi connectivity index (χ1v) is 10.2. The number of ether oxygens (including phenoxy) is 1. The summed E-state index contributed by atoms with van der Waals surface area (Å²) in [5, 5.41) is 13.0. The summed E-state index contributed by atoms with van der Waals surface area (Å²) in [6, 6.07) is 12.1. The Morgan fingerprint density at radius 2 is 1.82 bits per heavy atom. The smallest absolute Gasteiger partial charge is 0.416 e. The second kappa shape index (κ2) is 8.27. The van der Waals surface area contributed by atoms with Gasteiger partial charge in [-0.25, -0.2) is 0 Å². The third kappa shape index (κ3) is 3.89. The van der Waals surface area contributed by atoms with Crippen molar-refractivity contribution in [2.45, 2.75) is 24.4 Å². The van der Waals surface area contributed by atoms with Crippen LogP contribution < -0.4 is 5.32 Å². The summed E-state index contributed by atoms with van der Waals surface area (Å²) in [6.07, 6.45) is -4.62. The number of nitrogens with zero attached hydrogens (tertiary/aromatic N) is 1. The number of nitrogens with one attached hydrogen (secondary N) is 1. The highest BCUT2D eigenvalue weighted by molar-refractivity contribution is 6.09. The summed E-state index contributed by atoms with van der Waals surface area (Å²) in [7, 11) is 1.24. The molecular weight excluding hydrogens is 441 g/mol. The fourth-order valence-electron chi connectivity index (χ4n) is 4.64. The largest absolute Gasteiger partial charge is 0.480 e. The van der Waals surface area contributed by atoms with E-state index in [2.05, 4.69) is 5.32 Å². The maximum atomic E-state index is 13.3. The van der Waals surface area contributed by atoms with Crippen LogP contribution >= 0.6 is 0 Å². The number of fused-ring (bicyclic) bond motifs is 1. The molecule has 2 fully saturated rings. The zero-order chi connectivity index (χ0) is 24.0. The van der Waals surface area contributed by atoms with E-state index in [4.69, 9.17) is 4.74 Å². The second-order valence-electron chi connectivity index (χ2n) is 8.24. The van der Waals surface area contributed by atoms with Gasteiger partial charge in [0.25, 0.3) is 0 Å². The number of alkyl halides is 3. The summed E-state index contributed by atoms with van der Waals surface area (Å²) in [5.41, 5.74) is -2.08. The Balaban J connectivity index is 1.71. The fourth-order valence-corrected chi connectivity index (χ4v) is 4.64. The summed E-state index contributed by atoms with van der Waals surface area (Å²) in [4.78, 5) is 39.1. The van der Waals surface area contributed by atoms with Crippen LogP contribution in [0.15, 0.2) is 54.6 Å². The van der Waals surface area contributed by atoms with E-state index in [-0.39, 0.29) is 12.2 Å². The van der Waals surface area contributed by atoms with Crippen molar-refractivity contribution < 1.29 is 37.4 Å². The summed E-state index contributed by atoms with van der Waals surface area (Å²) in [6.45, 7) is -0.401. The van der Waals surface area contributed by atoms with Crippen LogP contribution in [0.5, 0.6) is 0 Å². The van der Waals surface area contributed by atoms with Gasteiger partial charge in [-0.3, -0.25) is 24.6 Å². The van der Waals surface area contributed by atoms with E-state index in [1.807, 2.05) is 6.07 Å². The Bertz CT molecular complexity index is 1090. The number of imide groups is 1. The fraction of sp³-hybridized carbons (Fsp3) is 0.348. The van der Waals surface area contributed by atoms with Crippen LogP contribution in [0.2, 0.25) is 0 Å². The number of carboxylic acids is 1. The van der Waals surface area contributed by atoms with Gasteiger partial charge < -0.3 is 9.84 Å². The Kier molecular flexibility index (Phi) is 5.75. The predicted octanol–water partition coefficient (Wildman–Crippen LogP) is 2.62. The first-order valence-electron chi connectivity index (χ1n) is 10.2. The van der Waals surface area contributed by atoms with E-state index in [1.54, 1.807) is 24.3 Å². The van der Waals surface area contributed by atoms with Gasteiger partial charge in [-0.15, -0.1) is 0 Å². The molecule has 0 spiro atoms. The third-order valence-electron chi connectivity index (χ3n) is 6.27. The van der Waals surface area contributed by atoms with E-state index in [0.29, 0.717) is 0 Å². The number of carbonyl (C=O) groups excluding carboxylic acids is 2. The zero-order valence-corrected chi connectivity index (χ0v) is 17.5. The molecule has 2 saturated heterocycles. The molecule has 33 heavy (non-hydrogen) atoms. The van der Waals surface area contributed by atoms with Crippen molar-refractivity contribution in [1.82, 2.24) is 10.2 Å². The molecule has 4 atom stereocenters. The average Bonchev–Trinajstić information content (AvgIpc) is 3.24. The Labute approximate surface area is 187 Å². The molecule has 2 aromatic rings. The normalized spacial score (nSPS) is 27.2. The van der Waals surface area contributed by atoms with Crippen molar-refractivity contribution in [3.63, 3.8) is 0 Å². The molecule has 0 aromatic heterocycles. The molecule has 4 unspecified atom stereocenters. The number of carbonyl (C=O) groups is 3. The number of hydrogen-bond acceptors (Lipinski definition) is 5. The van der Waals surface area contributed by atoms with Gasteiger partial charge >= 0.3 is 12.1 Å². The van der Waals surface area contributed by atoms with Gasteiger partial charge in [0.15, 0.2) is 5.54 Å². The molecule has 0 bridgehead atoms. The Hall–Kier alpha value is -3.24. The molecular formula is C23H21F3N2O5.